The second-order valence-corrected chi connectivity index (χ2v) is 5.61. The summed E-state index contributed by atoms with van der Waals surface area (Å²) in [6.07, 6.45) is 4.35. The standard InChI is InChI=1S/C15H19FN2O.ClH/c16-13-6-2-1-5-12(13)15(7-8-15)18-14(19)10-11-4-3-9-17-11;/h1-2,5-6,11,17H,3-4,7-10H2,(H,18,19);1H. The second-order valence-electron chi connectivity index (χ2n) is 5.61. The fourth-order valence-corrected chi connectivity index (χ4v) is 2.91. The predicted octanol–water partition coefficient (Wildman–Crippen LogP) is 2.49. The first-order valence-corrected chi connectivity index (χ1v) is 6.99. The third-order valence-electron chi connectivity index (χ3n) is 4.11. The molecule has 1 unspecified atom stereocenters. The number of benzene rings is 1. The highest BCUT2D eigenvalue weighted by Crippen LogP contribution is 2.46. The Kier molecular flexibility index (Phi) is 4.66. The van der Waals surface area contributed by atoms with Crippen LogP contribution in [0, 0.1) is 5.82 Å². The van der Waals surface area contributed by atoms with Crippen LogP contribution in [0.15, 0.2) is 24.3 Å². The highest BCUT2D eigenvalue weighted by atomic mass is 35.5. The summed E-state index contributed by atoms with van der Waals surface area (Å²) >= 11 is 0. The molecule has 0 spiro atoms. The lowest BCUT2D eigenvalue weighted by Crippen LogP contribution is -2.38. The first-order valence-electron chi connectivity index (χ1n) is 6.99. The van der Waals surface area contributed by atoms with Gasteiger partial charge in [-0.15, -0.1) is 12.4 Å². The van der Waals surface area contributed by atoms with Gasteiger partial charge in [0.1, 0.15) is 5.82 Å². The Morgan fingerprint density at radius 1 is 1.40 bits per heavy atom. The molecule has 1 aromatic rings. The van der Waals surface area contributed by atoms with E-state index in [9.17, 15) is 9.18 Å². The lowest BCUT2D eigenvalue weighted by atomic mass is 10.0. The molecule has 1 aromatic carbocycles. The van der Waals surface area contributed by atoms with Crippen LogP contribution in [0.5, 0.6) is 0 Å². The minimum atomic E-state index is -0.443. The molecule has 2 aliphatic rings. The SMILES string of the molecule is Cl.O=C(CC1CCCN1)NC1(c2ccccc2F)CC1. The summed E-state index contributed by atoms with van der Waals surface area (Å²) in [6, 6.07) is 7.02. The van der Waals surface area contributed by atoms with E-state index in [1.54, 1.807) is 12.1 Å². The Morgan fingerprint density at radius 3 is 2.75 bits per heavy atom. The fourth-order valence-electron chi connectivity index (χ4n) is 2.91. The summed E-state index contributed by atoms with van der Waals surface area (Å²) in [6.45, 7) is 0.996. The van der Waals surface area contributed by atoms with Gasteiger partial charge in [0.2, 0.25) is 5.91 Å². The van der Waals surface area contributed by atoms with Crippen molar-refractivity contribution in [2.45, 2.75) is 43.7 Å². The van der Waals surface area contributed by atoms with Crippen LogP contribution in [0.1, 0.15) is 37.7 Å². The van der Waals surface area contributed by atoms with Gasteiger partial charge in [0, 0.05) is 18.0 Å². The number of hydrogen-bond acceptors (Lipinski definition) is 2. The molecule has 1 aliphatic heterocycles. The van der Waals surface area contributed by atoms with E-state index in [-0.39, 0.29) is 30.2 Å². The van der Waals surface area contributed by atoms with Gasteiger partial charge >= 0.3 is 0 Å². The highest BCUT2D eigenvalue weighted by Gasteiger charge is 2.47. The molecule has 20 heavy (non-hydrogen) atoms. The minimum absolute atomic E-state index is 0. The molecular formula is C15H20ClFN2O. The van der Waals surface area contributed by atoms with Crippen LogP contribution in [0.25, 0.3) is 0 Å². The molecule has 0 radical (unpaired) electrons. The summed E-state index contributed by atoms with van der Waals surface area (Å²) < 4.78 is 13.8. The Balaban J connectivity index is 0.00000147. The van der Waals surface area contributed by atoms with Crippen LogP contribution in [-0.2, 0) is 10.3 Å². The molecule has 1 aliphatic carbocycles. The first-order chi connectivity index (χ1) is 9.20. The van der Waals surface area contributed by atoms with E-state index >= 15 is 0 Å². The van der Waals surface area contributed by atoms with Gasteiger partial charge in [-0.25, -0.2) is 4.39 Å². The molecule has 110 valence electrons. The largest absolute Gasteiger partial charge is 0.346 e. The summed E-state index contributed by atoms with van der Waals surface area (Å²) in [5.41, 5.74) is 0.184. The van der Waals surface area contributed by atoms with Gasteiger partial charge in [0.25, 0.3) is 0 Å². The van der Waals surface area contributed by atoms with Crippen LogP contribution in [-0.4, -0.2) is 18.5 Å². The van der Waals surface area contributed by atoms with E-state index in [1.165, 1.54) is 6.07 Å². The molecule has 1 saturated carbocycles. The fraction of sp³-hybridized carbons (Fsp3) is 0.533. The van der Waals surface area contributed by atoms with Crippen LogP contribution in [0.4, 0.5) is 4.39 Å². The van der Waals surface area contributed by atoms with Gasteiger partial charge in [-0.1, -0.05) is 18.2 Å². The molecule has 3 rings (SSSR count). The zero-order chi connectivity index (χ0) is 13.3. The van der Waals surface area contributed by atoms with Gasteiger partial charge in [-0.3, -0.25) is 4.79 Å². The topological polar surface area (TPSA) is 41.1 Å². The number of rotatable bonds is 4. The van der Waals surface area contributed by atoms with E-state index < -0.39 is 5.54 Å². The first kappa shape index (κ1) is 15.3. The average Bonchev–Trinajstić information content (AvgIpc) is 2.97. The summed E-state index contributed by atoms with van der Waals surface area (Å²) in [4.78, 5) is 12.1. The number of carbonyl (C=O) groups is 1. The van der Waals surface area contributed by atoms with Crippen molar-refractivity contribution in [2.24, 2.45) is 0 Å². The molecule has 1 atom stereocenters. The number of halogens is 2. The molecule has 3 nitrogen and oxygen atoms in total. The van der Waals surface area contributed by atoms with Crippen LogP contribution in [0.3, 0.4) is 0 Å². The third-order valence-corrected chi connectivity index (χ3v) is 4.11. The molecule has 1 heterocycles. The van der Waals surface area contributed by atoms with Crippen molar-refractivity contribution in [3.63, 3.8) is 0 Å². The van der Waals surface area contributed by atoms with Crippen molar-refractivity contribution in [1.29, 1.82) is 0 Å². The molecule has 1 amide bonds. The van der Waals surface area contributed by atoms with Gasteiger partial charge in [-0.2, -0.15) is 0 Å². The van der Waals surface area contributed by atoms with Gasteiger partial charge in [-0.05, 0) is 38.3 Å². The van der Waals surface area contributed by atoms with Crippen molar-refractivity contribution < 1.29 is 9.18 Å². The molecule has 2 fully saturated rings. The van der Waals surface area contributed by atoms with E-state index in [0.29, 0.717) is 12.0 Å². The predicted molar refractivity (Wildman–Crippen MR) is 78.3 cm³/mol. The highest BCUT2D eigenvalue weighted by molar-refractivity contribution is 5.85. The van der Waals surface area contributed by atoms with Crippen LogP contribution < -0.4 is 10.6 Å². The number of amides is 1. The zero-order valence-corrected chi connectivity index (χ0v) is 12.1. The van der Waals surface area contributed by atoms with Crippen molar-refractivity contribution in [3.8, 4) is 0 Å². The Morgan fingerprint density at radius 2 is 2.15 bits per heavy atom. The second kappa shape index (κ2) is 6.10. The zero-order valence-electron chi connectivity index (χ0n) is 11.3. The van der Waals surface area contributed by atoms with E-state index in [0.717, 1.165) is 32.2 Å². The number of carbonyl (C=O) groups excluding carboxylic acids is 1. The molecule has 0 bridgehead atoms. The van der Waals surface area contributed by atoms with Crippen molar-refractivity contribution in [3.05, 3.63) is 35.6 Å². The Labute approximate surface area is 124 Å². The van der Waals surface area contributed by atoms with Gasteiger partial charge in [0.05, 0.1) is 5.54 Å². The number of nitrogens with one attached hydrogen (secondary N) is 2. The summed E-state index contributed by atoms with van der Waals surface area (Å²) in [5.74, 6) is -0.195. The third kappa shape index (κ3) is 3.13. The maximum atomic E-state index is 13.8. The van der Waals surface area contributed by atoms with Gasteiger partial charge in [0.15, 0.2) is 0 Å². The lowest BCUT2D eigenvalue weighted by molar-refractivity contribution is -0.122. The van der Waals surface area contributed by atoms with Gasteiger partial charge < -0.3 is 10.6 Å². The van der Waals surface area contributed by atoms with Crippen LogP contribution in [0.2, 0.25) is 0 Å². The lowest BCUT2D eigenvalue weighted by Gasteiger charge is -2.20. The Hall–Kier alpha value is -1.13. The molecule has 0 aromatic heterocycles. The molecule has 1 saturated heterocycles. The van der Waals surface area contributed by atoms with Crippen molar-refractivity contribution in [2.75, 3.05) is 6.54 Å². The van der Waals surface area contributed by atoms with E-state index in [1.807, 2.05) is 6.07 Å². The summed E-state index contributed by atoms with van der Waals surface area (Å²) in [7, 11) is 0. The quantitative estimate of drug-likeness (QED) is 0.897. The number of hydrogen-bond donors (Lipinski definition) is 2. The maximum absolute atomic E-state index is 13.8. The summed E-state index contributed by atoms with van der Waals surface area (Å²) in [5, 5.41) is 6.34. The maximum Gasteiger partial charge on any atom is 0.222 e. The monoisotopic (exact) mass is 298 g/mol. The van der Waals surface area contributed by atoms with E-state index in [2.05, 4.69) is 10.6 Å². The molecule has 2 N–H and O–H groups in total. The van der Waals surface area contributed by atoms with E-state index in [4.69, 9.17) is 0 Å². The molecule has 5 heteroatoms. The molecular weight excluding hydrogens is 279 g/mol. The van der Waals surface area contributed by atoms with Crippen LogP contribution >= 0.6 is 12.4 Å². The van der Waals surface area contributed by atoms with Crippen molar-refractivity contribution >= 4 is 18.3 Å². The Bertz CT molecular complexity index is 485. The minimum Gasteiger partial charge on any atom is -0.346 e. The van der Waals surface area contributed by atoms with Crippen molar-refractivity contribution in [1.82, 2.24) is 10.6 Å². The average molecular weight is 299 g/mol. The normalized spacial score (nSPS) is 22.9. The smallest absolute Gasteiger partial charge is 0.222 e.